The summed E-state index contributed by atoms with van der Waals surface area (Å²) < 4.78 is 10.9. The van der Waals surface area contributed by atoms with Crippen molar-refractivity contribution in [2.24, 2.45) is 0 Å². The van der Waals surface area contributed by atoms with Gasteiger partial charge in [-0.05, 0) is 54.1 Å². The van der Waals surface area contributed by atoms with Crippen LogP contribution in [-0.2, 0) is 6.54 Å². The Hall–Kier alpha value is -3.75. The van der Waals surface area contributed by atoms with Gasteiger partial charge in [-0.15, -0.1) is 0 Å². The van der Waals surface area contributed by atoms with Gasteiger partial charge in [0.25, 0.3) is 5.91 Å². The van der Waals surface area contributed by atoms with Crippen molar-refractivity contribution in [3.63, 3.8) is 0 Å². The number of carboxylic acids is 1. The highest BCUT2D eigenvalue weighted by molar-refractivity contribution is 6.31. The van der Waals surface area contributed by atoms with Crippen LogP contribution in [0.15, 0.2) is 60.7 Å². The lowest BCUT2D eigenvalue weighted by molar-refractivity contribution is 0.0696. The van der Waals surface area contributed by atoms with E-state index in [2.05, 4.69) is 15.1 Å². The molecule has 35 heavy (non-hydrogen) atoms. The second-order valence-electron chi connectivity index (χ2n) is 8.45. The summed E-state index contributed by atoms with van der Waals surface area (Å²) in [6.45, 7) is 4.15. The van der Waals surface area contributed by atoms with Crippen molar-refractivity contribution in [2.75, 3.05) is 43.2 Å². The molecule has 0 aromatic heterocycles. The second-order valence-corrected chi connectivity index (χ2v) is 8.89. The first-order chi connectivity index (χ1) is 17.0. The van der Waals surface area contributed by atoms with Crippen LogP contribution in [0.1, 0.15) is 26.3 Å². The minimum Gasteiger partial charge on any atom is -0.478 e. The highest BCUT2D eigenvalue weighted by Crippen LogP contribution is 2.33. The lowest BCUT2D eigenvalue weighted by Crippen LogP contribution is -2.46. The minimum atomic E-state index is -1.05. The predicted octanol–water partition coefficient (Wildman–Crippen LogP) is 4.34. The van der Waals surface area contributed by atoms with Crippen molar-refractivity contribution in [3.8, 4) is 11.5 Å². The van der Waals surface area contributed by atoms with E-state index in [1.54, 1.807) is 36.4 Å². The van der Waals surface area contributed by atoms with Gasteiger partial charge in [0.15, 0.2) is 11.5 Å². The van der Waals surface area contributed by atoms with Gasteiger partial charge in [0.05, 0.1) is 16.9 Å². The molecule has 2 N–H and O–H groups in total. The van der Waals surface area contributed by atoms with Crippen molar-refractivity contribution in [2.45, 2.75) is 6.54 Å². The maximum atomic E-state index is 12.9. The minimum absolute atomic E-state index is 0.108. The van der Waals surface area contributed by atoms with E-state index in [1.165, 1.54) is 6.07 Å². The van der Waals surface area contributed by atoms with Crippen LogP contribution in [0.25, 0.3) is 0 Å². The van der Waals surface area contributed by atoms with Gasteiger partial charge in [-0.3, -0.25) is 9.69 Å². The number of anilines is 2. The molecular weight excluding hydrogens is 470 g/mol. The molecule has 3 aromatic rings. The van der Waals surface area contributed by atoms with E-state index >= 15 is 0 Å². The van der Waals surface area contributed by atoms with Crippen LogP contribution in [0.2, 0.25) is 5.02 Å². The summed E-state index contributed by atoms with van der Waals surface area (Å²) in [5.74, 6) is 0.150. The summed E-state index contributed by atoms with van der Waals surface area (Å²) in [5.41, 5.74) is 2.91. The van der Waals surface area contributed by atoms with Crippen LogP contribution in [0.3, 0.4) is 0 Å². The van der Waals surface area contributed by atoms with E-state index in [1.807, 2.05) is 18.2 Å². The second kappa shape index (κ2) is 9.85. The molecule has 2 aliphatic rings. The zero-order valence-corrected chi connectivity index (χ0v) is 19.6. The number of hydrogen-bond acceptors (Lipinski definition) is 6. The summed E-state index contributed by atoms with van der Waals surface area (Å²) in [4.78, 5) is 28.9. The average molecular weight is 494 g/mol. The normalized spacial score (nSPS) is 15.2. The van der Waals surface area contributed by atoms with Crippen molar-refractivity contribution in [3.05, 3.63) is 82.4 Å². The molecule has 8 nitrogen and oxygen atoms in total. The van der Waals surface area contributed by atoms with Crippen LogP contribution < -0.4 is 19.7 Å². The summed E-state index contributed by atoms with van der Waals surface area (Å²) in [7, 11) is 0. The lowest BCUT2D eigenvalue weighted by atomic mass is 10.1. The van der Waals surface area contributed by atoms with Crippen molar-refractivity contribution >= 4 is 34.9 Å². The standard InChI is InChI=1S/C26H24ClN3O5/c27-20-3-1-2-18(13-20)25(31)28-21-14-19(26(32)33)5-6-22(21)30-10-8-29(9-11-30)15-17-4-7-23-24(12-17)35-16-34-23/h1-7,12-14H,8-11,15-16H2,(H,28,31)(H,32,33). The molecule has 1 fully saturated rings. The van der Waals surface area contributed by atoms with E-state index < -0.39 is 5.97 Å². The van der Waals surface area contributed by atoms with Crippen molar-refractivity contribution in [1.29, 1.82) is 0 Å². The first-order valence-corrected chi connectivity index (χ1v) is 11.6. The number of nitrogens with one attached hydrogen (secondary N) is 1. The third kappa shape index (κ3) is 5.18. The third-order valence-corrected chi connectivity index (χ3v) is 6.37. The van der Waals surface area contributed by atoms with Crippen LogP contribution in [0, 0.1) is 0 Å². The highest BCUT2D eigenvalue weighted by atomic mass is 35.5. The molecule has 180 valence electrons. The quantitative estimate of drug-likeness (QED) is 0.527. The van der Waals surface area contributed by atoms with Gasteiger partial charge in [-0.25, -0.2) is 4.79 Å². The van der Waals surface area contributed by atoms with Crippen LogP contribution >= 0.6 is 11.6 Å². The number of carboxylic acid groups (broad SMARTS) is 1. The van der Waals surface area contributed by atoms with Gasteiger partial charge in [0, 0.05) is 43.3 Å². The smallest absolute Gasteiger partial charge is 0.335 e. The van der Waals surface area contributed by atoms with E-state index in [9.17, 15) is 14.7 Å². The maximum absolute atomic E-state index is 12.9. The molecule has 0 unspecified atom stereocenters. The Bertz CT molecular complexity index is 1270. The summed E-state index contributed by atoms with van der Waals surface area (Å²) >= 11 is 6.03. The fraction of sp³-hybridized carbons (Fsp3) is 0.231. The predicted molar refractivity (Wildman–Crippen MR) is 133 cm³/mol. The molecule has 5 rings (SSSR count). The molecule has 0 atom stereocenters. The van der Waals surface area contributed by atoms with E-state index in [0.717, 1.165) is 55.5 Å². The maximum Gasteiger partial charge on any atom is 0.335 e. The van der Waals surface area contributed by atoms with E-state index in [-0.39, 0.29) is 18.3 Å². The number of hydrogen-bond donors (Lipinski definition) is 2. The Kier molecular flexibility index (Phi) is 6.48. The van der Waals surface area contributed by atoms with Crippen molar-refractivity contribution < 1.29 is 24.2 Å². The van der Waals surface area contributed by atoms with Crippen molar-refractivity contribution in [1.82, 2.24) is 4.90 Å². The van der Waals surface area contributed by atoms with Gasteiger partial charge in [-0.1, -0.05) is 23.7 Å². The molecule has 0 saturated carbocycles. The van der Waals surface area contributed by atoms with Gasteiger partial charge >= 0.3 is 5.97 Å². The number of halogens is 1. The molecule has 2 heterocycles. The Morgan fingerprint density at radius 3 is 2.49 bits per heavy atom. The fourth-order valence-corrected chi connectivity index (χ4v) is 4.50. The Balaban J connectivity index is 1.29. The summed E-state index contributed by atoms with van der Waals surface area (Å²) in [5, 5.41) is 12.8. The SMILES string of the molecule is O=C(O)c1ccc(N2CCN(Cc3ccc4c(c3)OCO4)CC2)c(NC(=O)c2cccc(Cl)c2)c1. The molecule has 1 saturated heterocycles. The average Bonchev–Trinajstić information content (AvgIpc) is 3.32. The molecule has 0 radical (unpaired) electrons. The Labute approximate surface area is 207 Å². The monoisotopic (exact) mass is 493 g/mol. The first-order valence-electron chi connectivity index (χ1n) is 11.3. The van der Waals surface area contributed by atoms with Crippen LogP contribution in [-0.4, -0.2) is 54.9 Å². The number of benzene rings is 3. The number of nitrogens with zero attached hydrogens (tertiary/aromatic N) is 2. The summed E-state index contributed by atoms with van der Waals surface area (Å²) in [6, 6.07) is 17.4. The molecule has 0 aliphatic carbocycles. The number of rotatable bonds is 6. The molecule has 2 aliphatic heterocycles. The zero-order valence-electron chi connectivity index (χ0n) is 18.9. The first kappa shape index (κ1) is 23.0. The van der Waals surface area contributed by atoms with Crippen LogP contribution in [0.5, 0.6) is 11.5 Å². The molecule has 0 bridgehead atoms. The molecule has 0 spiro atoms. The molecular formula is C26H24ClN3O5. The van der Waals surface area contributed by atoms with E-state index in [0.29, 0.717) is 16.3 Å². The molecule has 3 aromatic carbocycles. The number of carbonyl (C=O) groups excluding carboxylic acids is 1. The molecule has 1 amide bonds. The Morgan fingerprint density at radius 2 is 1.71 bits per heavy atom. The van der Waals surface area contributed by atoms with Crippen LogP contribution in [0.4, 0.5) is 11.4 Å². The van der Waals surface area contributed by atoms with Gasteiger partial charge < -0.3 is 24.8 Å². The highest BCUT2D eigenvalue weighted by Gasteiger charge is 2.22. The van der Waals surface area contributed by atoms with Gasteiger partial charge in [0.2, 0.25) is 6.79 Å². The molecule has 9 heteroatoms. The zero-order chi connectivity index (χ0) is 24.4. The number of carbonyl (C=O) groups is 2. The number of amides is 1. The lowest BCUT2D eigenvalue weighted by Gasteiger charge is -2.37. The largest absolute Gasteiger partial charge is 0.478 e. The Morgan fingerprint density at radius 1 is 0.914 bits per heavy atom. The number of piperazine rings is 1. The number of fused-ring (bicyclic) bond motifs is 1. The number of aromatic carboxylic acids is 1. The number of ether oxygens (including phenoxy) is 2. The topological polar surface area (TPSA) is 91.3 Å². The van der Waals surface area contributed by atoms with Gasteiger partial charge in [0.1, 0.15) is 0 Å². The fourth-order valence-electron chi connectivity index (χ4n) is 4.31. The third-order valence-electron chi connectivity index (χ3n) is 6.13. The van der Waals surface area contributed by atoms with Gasteiger partial charge in [-0.2, -0.15) is 0 Å². The summed E-state index contributed by atoms with van der Waals surface area (Å²) in [6.07, 6.45) is 0. The van der Waals surface area contributed by atoms with E-state index in [4.69, 9.17) is 21.1 Å².